The van der Waals surface area contributed by atoms with Crippen LogP contribution in [0.15, 0.2) is 52.5 Å². The number of carbonyl (C=O) groups excluding carboxylic acids is 1. The first-order chi connectivity index (χ1) is 13.8. The van der Waals surface area contributed by atoms with E-state index >= 15 is 0 Å². The number of imidazole rings is 1. The largest absolute Gasteiger partial charge is 0.325 e. The lowest BCUT2D eigenvalue weighted by Crippen LogP contribution is -2.15. The molecule has 1 heterocycles. The lowest BCUT2D eigenvalue weighted by Gasteiger charge is -2.10. The van der Waals surface area contributed by atoms with Gasteiger partial charge < -0.3 is 9.88 Å². The number of hydrogen-bond donors (Lipinski definition) is 2. The van der Waals surface area contributed by atoms with E-state index in [1.165, 1.54) is 23.9 Å². The van der Waals surface area contributed by atoms with Crippen LogP contribution in [-0.4, -0.2) is 29.6 Å². The van der Waals surface area contributed by atoms with Crippen molar-refractivity contribution in [1.29, 1.82) is 0 Å². The topological polar surface area (TPSA) is 107 Å². The number of benzene rings is 2. The summed E-state index contributed by atoms with van der Waals surface area (Å²) in [6, 6.07) is 12.4. The first kappa shape index (κ1) is 21.4. The zero-order chi connectivity index (χ0) is 21.0. The first-order valence-corrected chi connectivity index (χ1v) is 11.9. The summed E-state index contributed by atoms with van der Waals surface area (Å²) in [5.41, 5.74) is 3.27. The van der Waals surface area contributed by atoms with Crippen molar-refractivity contribution in [3.63, 3.8) is 0 Å². The molecule has 7 nitrogen and oxygen atoms in total. The molecule has 0 aliphatic carbocycles. The number of nitrogens with two attached hydrogens (primary N) is 1. The van der Waals surface area contributed by atoms with Gasteiger partial charge in [0.15, 0.2) is 5.16 Å². The second-order valence-corrected chi connectivity index (χ2v) is 9.09. The summed E-state index contributed by atoms with van der Waals surface area (Å²) >= 11 is 1.33. The zero-order valence-corrected chi connectivity index (χ0v) is 18.0. The van der Waals surface area contributed by atoms with E-state index in [1.807, 2.05) is 42.7 Å². The van der Waals surface area contributed by atoms with Crippen molar-refractivity contribution in [2.75, 3.05) is 11.1 Å². The van der Waals surface area contributed by atoms with Crippen LogP contribution in [0.4, 0.5) is 5.69 Å². The maximum atomic E-state index is 12.5. The normalized spacial score (nSPS) is 11.7. The Bertz CT molecular complexity index is 1140. The Labute approximate surface area is 174 Å². The predicted molar refractivity (Wildman–Crippen MR) is 117 cm³/mol. The van der Waals surface area contributed by atoms with Crippen LogP contribution in [0.2, 0.25) is 0 Å². The zero-order valence-electron chi connectivity index (χ0n) is 16.4. The Hall–Kier alpha value is -2.36. The number of carbonyl (C=O) groups is 1. The van der Waals surface area contributed by atoms with Gasteiger partial charge in [-0.3, -0.25) is 4.79 Å². The third-order valence-corrected chi connectivity index (χ3v) is 6.35. The second kappa shape index (κ2) is 8.98. The van der Waals surface area contributed by atoms with E-state index in [9.17, 15) is 13.2 Å². The van der Waals surface area contributed by atoms with Gasteiger partial charge in [0.1, 0.15) is 0 Å². The number of thioether (sulfide) groups is 1. The average molecular weight is 433 g/mol. The van der Waals surface area contributed by atoms with E-state index in [0.29, 0.717) is 17.2 Å². The molecule has 0 radical (unpaired) electrons. The van der Waals surface area contributed by atoms with Gasteiger partial charge in [-0.1, -0.05) is 43.8 Å². The summed E-state index contributed by atoms with van der Waals surface area (Å²) in [5, 5.41) is 8.85. The Morgan fingerprint density at radius 3 is 2.66 bits per heavy atom. The number of aromatic nitrogens is 2. The number of para-hydroxylation sites is 1. The number of nitrogens with zero attached hydrogens (tertiary/aromatic N) is 2. The van der Waals surface area contributed by atoms with E-state index < -0.39 is 10.0 Å². The fourth-order valence-electron chi connectivity index (χ4n) is 3.08. The standard InChI is InChI=1S/C20H24N4O3S2/c1-3-11-24-18-10-9-15(29(21,26)27)12-17(18)23-20(24)28-13-19(25)22-16-8-6-5-7-14(16)4-2/h5-10,12H,3-4,11,13H2,1-2H3,(H,22,25)(H2,21,26,27). The number of sulfonamides is 1. The highest BCUT2D eigenvalue weighted by molar-refractivity contribution is 7.99. The third-order valence-electron chi connectivity index (χ3n) is 4.47. The molecule has 0 aliphatic heterocycles. The number of fused-ring (bicyclic) bond motifs is 1. The van der Waals surface area contributed by atoms with Crippen molar-refractivity contribution in [3.8, 4) is 0 Å². The minimum atomic E-state index is -3.80. The second-order valence-electron chi connectivity index (χ2n) is 6.59. The molecule has 3 N–H and O–H groups in total. The number of aryl methyl sites for hydroxylation is 2. The minimum Gasteiger partial charge on any atom is -0.325 e. The molecule has 0 unspecified atom stereocenters. The third kappa shape index (κ3) is 4.98. The van der Waals surface area contributed by atoms with Crippen LogP contribution >= 0.6 is 11.8 Å². The quantitative estimate of drug-likeness (QED) is 0.531. The molecule has 0 spiro atoms. The van der Waals surface area contributed by atoms with Crippen LogP contribution in [0.1, 0.15) is 25.8 Å². The molecular formula is C20H24N4O3S2. The molecule has 0 fully saturated rings. The molecular weight excluding hydrogens is 408 g/mol. The molecule has 1 amide bonds. The maximum Gasteiger partial charge on any atom is 0.238 e. The summed E-state index contributed by atoms with van der Waals surface area (Å²) in [6.07, 6.45) is 1.72. The molecule has 0 bridgehead atoms. The van der Waals surface area contributed by atoms with Crippen molar-refractivity contribution in [3.05, 3.63) is 48.0 Å². The Morgan fingerprint density at radius 2 is 1.97 bits per heavy atom. The predicted octanol–water partition coefficient (Wildman–Crippen LogP) is 3.39. The molecule has 0 saturated heterocycles. The minimum absolute atomic E-state index is 0.0246. The van der Waals surface area contributed by atoms with E-state index in [4.69, 9.17) is 5.14 Å². The van der Waals surface area contributed by atoms with Crippen LogP contribution in [0, 0.1) is 0 Å². The fraction of sp³-hybridized carbons (Fsp3) is 0.300. The van der Waals surface area contributed by atoms with Gasteiger partial charge in [0, 0.05) is 12.2 Å². The van der Waals surface area contributed by atoms with Gasteiger partial charge in [0.25, 0.3) is 0 Å². The summed E-state index contributed by atoms with van der Waals surface area (Å²) in [5.74, 6) is 0.0869. The average Bonchev–Trinajstić information content (AvgIpc) is 3.03. The molecule has 29 heavy (non-hydrogen) atoms. The number of rotatable bonds is 8. The van der Waals surface area contributed by atoms with Crippen molar-refractivity contribution in [2.45, 2.75) is 43.3 Å². The monoisotopic (exact) mass is 432 g/mol. The Balaban J connectivity index is 1.81. The fourth-order valence-corrected chi connectivity index (χ4v) is 4.46. The number of amides is 1. The summed E-state index contributed by atoms with van der Waals surface area (Å²) in [4.78, 5) is 17.0. The Kier molecular flexibility index (Phi) is 6.61. The maximum absolute atomic E-state index is 12.5. The first-order valence-electron chi connectivity index (χ1n) is 9.37. The van der Waals surface area contributed by atoms with Crippen LogP contribution in [0.3, 0.4) is 0 Å². The lowest BCUT2D eigenvalue weighted by atomic mass is 10.1. The van der Waals surface area contributed by atoms with Gasteiger partial charge in [0.05, 0.1) is 21.7 Å². The van der Waals surface area contributed by atoms with Gasteiger partial charge in [-0.2, -0.15) is 0 Å². The van der Waals surface area contributed by atoms with Gasteiger partial charge >= 0.3 is 0 Å². The SMILES string of the molecule is CCCn1c(SCC(=O)Nc2ccccc2CC)nc2cc(S(N)(=O)=O)ccc21. The van der Waals surface area contributed by atoms with E-state index in [2.05, 4.69) is 10.3 Å². The van der Waals surface area contributed by atoms with Crippen molar-refractivity contribution in [1.82, 2.24) is 9.55 Å². The Morgan fingerprint density at radius 1 is 1.21 bits per heavy atom. The molecule has 2 aromatic carbocycles. The van der Waals surface area contributed by atoms with Crippen LogP contribution in [0.5, 0.6) is 0 Å². The molecule has 0 saturated carbocycles. The summed E-state index contributed by atoms with van der Waals surface area (Å²) in [6.45, 7) is 4.81. The van der Waals surface area contributed by atoms with E-state index in [-0.39, 0.29) is 16.6 Å². The number of primary sulfonamides is 1. The van der Waals surface area contributed by atoms with Gasteiger partial charge in [-0.15, -0.1) is 0 Å². The van der Waals surface area contributed by atoms with Crippen molar-refractivity contribution < 1.29 is 13.2 Å². The van der Waals surface area contributed by atoms with Gasteiger partial charge in [0.2, 0.25) is 15.9 Å². The highest BCUT2D eigenvalue weighted by atomic mass is 32.2. The van der Waals surface area contributed by atoms with E-state index in [0.717, 1.165) is 29.6 Å². The smallest absolute Gasteiger partial charge is 0.238 e. The number of hydrogen-bond acceptors (Lipinski definition) is 5. The van der Waals surface area contributed by atoms with Crippen molar-refractivity contribution >= 4 is 44.4 Å². The number of nitrogens with one attached hydrogen (secondary N) is 1. The molecule has 1 aromatic heterocycles. The highest BCUT2D eigenvalue weighted by Crippen LogP contribution is 2.26. The highest BCUT2D eigenvalue weighted by Gasteiger charge is 2.16. The molecule has 3 aromatic rings. The van der Waals surface area contributed by atoms with Crippen LogP contribution < -0.4 is 10.5 Å². The van der Waals surface area contributed by atoms with Gasteiger partial charge in [-0.25, -0.2) is 18.5 Å². The molecule has 154 valence electrons. The van der Waals surface area contributed by atoms with Crippen LogP contribution in [-0.2, 0) is 27.8 Å². The molecule has 3 rings (SSSR count). The number of anilines is 1. The van der Waals surface area contributed by atoms with Crippen LogP contribution in [0.25, 0.3) is 11.0 Å². The van der Waals surface area contributed by atoms with E-state index in [1.54, 1.807) is 6.07 Å². The van der Waals surface area contributed by atoms with Gasteiger partial charge in [-0.05, 0) is 42.7 Å². The summed E-state index contributed by atoms with van der Waals surface area (Å²) < 4.78 is 25.2. The molecule has 0 aliphatic rings. The lowest BCUT2D eigenvalue weighted by molar-refractivity contribution is -0.113. The summed E-state index contributed by atoms with van der Waals surface area (Å²) in [7, 11) is -3.80. The van der Waals surface area contributed by atoms with Crippen molar-refractivity contribution in [2.24, 2.45) is 5.14 Å². The molecule has 9 heteroatoms. The molecule has 0 atom stereocenters.